The van der Waals surface area contributed by atoms with Crippen LogP contribution >= 0.6 is 0 Å². The third kappa shape index (κ3) is 2.11. The Morgan fingerprint density at radius 2 is 2.06 bits per heavy atom. The van der Waals surface area contributed by atoms with Crippen LogP contribution in [0.5, 0.6) is 0 Å². The fourth-order valence-electron chi connectivity index (χ4n) is 1.76. The van der Waals surface area contributed by atoms with Crippen molar-refractivity contribution in [2.75, 3.05) is 0 Å². The van der Waals surface area contributed by atoms with E-state index >= 15 is 0 Å². The number of hydrogen-bond acceptors (Lipinski definition) is 2. The van der Waals surface area contributed by atoms with Gasteiger partial charge in [-0.15, -0.1) is 0 Å². The zero-order chi connectivity index (χ0) is 12.4. The summed E-state index contributed by atoms with van der Waals surface area (Å²) in [5, 5.41) is 0. The Labute approximate surface area is 98.3 Å². The first-order chi connectivity index (χ1) is 8.13. The van der Waals surface area contributed by atoms with Crippen molar-refractivity contribution in [1.29, 1.82) is 0 Å². The highest BCUT2D eigenvalue weighted by molar-refractivity contribution is 5.60. The van der Waals surface area contributed by atoms with Gasteiger partial charge in [0.25, 0.3) is 5.56 Å². The second kappa shape index (κ2) is 4.49. The van der Waals surface area contributed by atoms with Gasteiger partial charge in [0, 0.05) is 5.56 Å². The molecule has 0 unspecified atom stereocenters. The van der Waals surface area contributed by atoms with E-state index in [1.165, 1.54) is 6.92 Å². The highest BCUT2D eigenvalue weighted by Gasteiger charge is 2.10. The molecule has 2 rings (SSSR count). The van der Waals surface area contributed by atoms with Crippen LogP contribution in [0.4, 0.5) is 4.39 Å². The second-order valence-corrected chi connectivity index (χ2v) is 3.82. The normalized spacial score (nSPS) is 10.5. The van der Waals surface area contributed by atoms with Crippen molar-refractivity contribution < 1.29 is 4.39 Å². The Balaban J connectivity index is 2.65. The Hall–Kier alpha value is -1.97. The van der Waals surface area contributed by atoms with Crippen LogP contribution < -0.4 is 5.56 Å². The number of rotatable bonds is 2. The number of aryl methyl sites for hydroxylation is 2. The highest BCUT2D eigenvalue weighted by Crippen LogP contribution is 2.19. The van der Waals surface area contributed by atoms with E-state index in [-0.39, 0.29) is 5.69 Å². The minimum atomic E-state index is -0.817. The first-order valence-electron chi connectivity index (χ1n) is 5.48. The monoisotopic (exact) mass is 232 g/mol. The summed E-state index contributed by atoms with van der Waals surface area (Å²) in [6, 6.07) is 7.63. The SMILES string of the molecule is CCc1ccccc1-c1nc(C)c(F)c(=O)[nH]1. The Bertz CT molecular complexity index is 605. The van der Waals surface area contributed by atoms with Crippen molar-refractivity contribution in [1.82, 2.24) is 9.97 Å². The summed E-state index contributed by atoms with van der Waals surface area (Å²) in [6.07, 6.45) is 0.830. The topological polar surface area (TPSA) is 45.8 Å². The quantitative estimate of drug-likeness (QED) is 0.864. The summed E-state index contributed by atoms with van der Waals surface area (Å²) in [7, 11) is 0. The van der Waals surface area contributed by atoms with Gasteiger partial charge in [-0.05, 0) is 18.9 Å². The largest absolute Gasteiger partial charge is 0.304 e. The van der Waals surface area contributed by atoms with Gasteiger partial charge in [0.15, 0.2) is 0 Å². The van der Waals surface area contributed by atoms with E-state index in [9.17, 15) is 9.18 Å². The van der Waals surface area contributed by atoms with Gasteiger partial charge < -0.3 is 4.98 Å². The number of halogens is 1. The molecule has 0 aliphatic heterocycles. The van der Waals surface area contributed by atoms with Crippen LogP contribution in [0.25, 0.3) is 11.4 Å². The van der Waals surface area contributed by atoms with Crippen LogP contribution in [0.2, 0.25) is 0 Å². The Kier molecular flexibility index (Phi) is 3.04. The van der Waals surface area contributed by atoms with Crippen LogP contribution in [0.3, 0.4) is 0 Å². The molecule has 0 aliphatic carbocycles. The zero-order valence-electron chi connectivity index (χ0n) is 9.75. The van der Waals surface area contributed by atoms with Crippen LogP contribution in [0.1, 0.15) is 18.2 Å². The number of aromatic amines is 1. The molecular weight excluding hydrogens is 219 g/mol. The Morgan fingerprint density at radius 1 is 1.35 bits per heavy atom. The molecule has 4 heteroatoms. The van der Waals surface area contributed by atoms with E-state index in [1.807, 2.05) is 31.2 Å². The molecule has 0 aliphatic rings. The van der Waals surface area contributed by atoms with Crippen LogP contribution in [0.15, 0.2) is 29.1 Å². The van der Waals surface area contributed by atoms with Crippen LogP contribution in [-0.4, -0.2) is 9.97 Å². The molecule has 1 N–H and O–H groups in total. The van der Waals surface area contributed by atoms with Crippen molar-refractivity contribution in [3.63, 3.8) is 0 Å². The molecule has 0 fully saturated rings. The average Bonchev–Trinajstić information content (AvgIpc) is 2.35. The van der Waals surface area contributed by atoms with E-state index in [0.717, 1.165) is 17.5 Å². The molecule has 3 nitrogen and oxygen atoms in total. The molecule has 0 atom stereocenters. The van der Waals surface area contributed by atoms with E-state index in [2.05, 4.69) is 9.97 Å². The summed E-state index contributed by atoms with van der Waals surface area (Å²) in [4.78, 5) is 17.9. The summed E-state index contributed by atoms with van der Waals surface area (Å²) >= 11 is 0. The lowest BCUT2D eigenvalue weighted by atomic mass is 10.0. The predicted molar refractivity (Wildman–Crippen MR) is 64.4 cm³/mol. The fourth-order valence-corrected chi connectivity index (χ4v) is 1.76. The first kappa shape index (κ1) is 11.5. The third-order valence-electron chi connectivity index (χ3n) is 2.68. The molecule has 88 valence electrons. The molecule has 1 heterocycles. The smallest absolute Gasteiger partial charge is 0.287 e. The summed E-state index contributed by atoms with van der Waals surface area (Å²) in [5.41, 5.74) is 1.31. The Morgan fingerprint density at radius 3 is 2.71 bits per heavy atom. The highest BCUT2D eigenvalue weighted by atomic mass is 19.1. The van der Waals surface area contributed by atoms with E-state index < -0.39 is 11.4 Å². The molecule has 1 aromatic heterocycles. The lowest BCUT2D eigenvalue weighted by Gasteiger charge is -2.07. The molecule has 0 spiro atoms. The fraction of sp³-hybridized carbons (Fsp3) is 0.231. The number of aromatic nitrogens is 2. The van der Waals surface area contributed by atoms with Gasteiger partial charge in [0.2, 0.25) is 5.82 Å². The van der Waals surface area contributed by atoms with Gasteiger partial charge in [0.05, 0.1) is 5.69 Å². The molecular formula is C13H13FN2O. The molecule has 0 radical (unpaired) electrons. The van der Waals surface area contributed by atoms with Crippen molar-refractivity contribution in [2.45, 2.75) is 20.3 Å². The van der Waals surface area contributed by atoms with Crippen molar-refractivity contribution in [3.05, 3.63) is 51.7 Å². The molecule has 0 bridgehead atoms. The lowest BCUT2D eigenvalue weighted by molar-refractivity contribution is 0.589. The summed E-state index contributed by atoms with van der Waals surface area (Å²) in [5.74, 6) is -0.394. The van der Waals surface area contributed by atoms with Crippen LogP contribution in [0, 0.1) is 12.7 Å². The van der Waals surface area contributed by atoms with Gasteiger partial charge in [-0.2, -0.15) is 4.39 Å². The molecule has 0 amide bonds. The van der Waals surface area contributed by atoms with Gasteiger partial charge in [0.1, 0.15) is 5.82 Å². The maximum absolute atomic E-state index is 13.2. The number of hydrogen-bond donors (Lipinski definition) is 1. The number of benzene rings is 1. The summed E-state index contributed by atoms with van der Waals surface area (Å²) in [6.45, 7) is 3.51. The number of nitrogens with zero attached hydrogens (tertiary/aromatic N) is 1. The van der Waals surface area contributed by atoms with Gasteiger partial charge >= 0.3 is 0 Å². The number of H-pyrrole nitrogens is 1. The van der Waals surface area contributed by atoms with Gasteiger partial charge in [-0.25, -0.2) is 4.98 Å². The summed E-state index contributed by atoms with van der Waals surface area (Å²) < 4.78 is 13.2. The molecule has 0 saturated heterocycles. The molecule has 2 aromatic rings. The van der Waals surface area contributed by atoms with Crippen molar-refractivity contribution in [2.24, 2.45) is 0 Å². The third-order valence-corrected chi connectivity index (χ3v) is 2.68. The molecule has 17 heavy (non-hydrogen) atoms. The van der Waals surface area contributed by atoms with E-state index in [4.69, 9.17) is 0 Å². The average molecular weight is 232 g/mol. The first-order valence-corrected chi connectivity index (χ1v) is 5.48. The van der Waals surface area contributed by atoms with Crippen molar-refractivity contribution in [3.8, 4) is 11.4 Å². The van der Waals surface area contributed by atoms with Crippen molar-refractivity contribution >= 4 is 0 Å². The van der Waals surface area contributed by atoms with Gasteiger partial charge in [-0.3, -0.25) is 4.79 Å². The number of nitrogens with one attached hydrogen (secondary N) is 1. The molecule has 1 aromatic carbocycles. The standard InChI is InChI=1S/C13H13FN2O/c1-3-9-6-4-5-7-10(9)12-15-8(2)11(14)13(17)16-12/h4-7H,3H2,1-2H3,(H,15,16,17). The van der Waals surface area contributed by atoms with E-state index in [1.54, 1.807) is 0 Å². The predicted octanol–water partition coefficient (Wildman–Crippen LogP) is 2.45. The van der Waals surface area contributed by atoms with Crippen LogP contribution in [-0.2, 0) is 6.42 Å². The maximum Gasteiger partial charge on any atom is 0.287 e. The zero-order valence-corrected chi connectivity index (χ0v) is 9.75. The second-order valence-electron chi connectivity index (χ2n) is 3.82. The van der Waals surface area contributed by atoms with Gasteiger partial charge in [-0.1, -0.05) is 31.2 Å². The minimum absolute atomic E-state index is 0.120. The van der Waals surface area contributed by atoms with E-state index in [0.29, 0.717) is 5.82 Å². The minimum Gasteiger partial charge on any atom is -0.304 e. The lowest BCUT2D eigenvalue weighted by Crippen LogP contribution is -2.15. The molecule has 0 saturated carbocycles. The maximum atomic E-state index is 13.2.